The van der Waals surface area contributed by atoms with E-state index < -0.39 is 15.9 Å². The van der Waals surface area contributed by atoms with Gasteiger partial charge in [-0.05, 0) is 41.5 Å². The number of hydrogen-bond donors (Lipinski definition) is 1. The normalized spacial score (nSPS) is 15.8. The average molecular weight is 578 g/mol. The van der Waals surface area contributed by atoms with Crippen LogP contribution in [0.25, 0.3) is 6.08 Å². The van der Waals surface area contributed by atoms with Crippen molar-refractivity contribution in [3.05, 3.63) is 107 Å². The lowest BCUT2D eigenvalue weighted by atomic mass is 10.2. The van der Waals surface area contributed by atoms with Gasteiger partial charge in [-0.15, -0.1) is 0 Å². The number of hydrogen-bond acceptors (Lipinski definition) is 5. The van der Waals surface area contributed by atoms with Crippen LogP contribution in [0.4, 0.5) is 0 Å². The zero-order valence-corrected chi connectivity index (χ0v) is 22.5. The van der Waals surface area contributed by atoms with Gasteiger partial charge in [0.2, 0.25) is 10.0 Å². The summed E-state index contributed by atoms with van der Waals surface area (Å²) < 4.78 is 4.36. The molecule has 3 aromatic rings. The van der Waals surface area contributed by atoms with Crippen LogP contribution in [0.2, 0.25) is 0 Å². The van der Waals surface area contributed by atoms with E-state index in [2.05, 4.69) is 5.32 Å². The number of amides is 2. The van der Waals surface area contributed by atoms with Crippen molar-refractivity contribution < 1.29 is 14.3 Å². The zero-order chi connectivity index (χ0) is 25.7. The molecule has 1 heterocycles. The number of rotatable bonds is 7. The molecule has 1 aliphatic heterocycles. The van der Waals surface area contributed by atoms with Gasteiger partial charge in [-0.3, -0.25) is 14.5 Å². The van der Waals surface area contributed by atoms with Crippen LogP contribution >= 0.6 is 58.8 Å². The van der Waals surface area contributed by atoms with Crippen molar-refractivity contribution in [1.29, 1.82) is 0 Å². The molecule has 0 saturated carbocycles. The first kappa shape index (κ1) is 26.5. The maximum atomic E-state index is 12.9. The molecule has 0 bridgehead atoms. The van der Waals surface area contributed by atoms with E-state index >= 15 is 0 Å². The van der Waals surface area contributed by atoms with Crippen molar-refractivity contribution in [1.82, 2.24) is 10.2 Å². The number of carbonyl (C=O) groups is 2. The molecule has 2 amide bonds. The molecule has 5 nitrogen and oxygen atoms in total. The monoisotopic (exact) mass is 576 g/mol. The third-order valence-electron chi connectivity index (χ3n) is 5.08. The van der Waals surface area contributed by atoms with Gasteiger partial charge >= 0.3 is 0 Å². The second-order valence-corrected chi connectivity index (χ2v) is 11.7. The fourth-order valence-corrected chi connectivity index (χ4v) is 4.85. The Kier molecular flexibility index (Phi) is 8.59. The zero-order valence-electron chi connectivity index (χ0n) is 18.6. The van der Waals surface area contributed by atoms with Crippen LogP contribution in [0.3, 0.4) is 0 Å². The van der Waals surface area contributed by atoms with Gasteiger partial charge in [0.1, 0.15) is 10.1 Å². The van der Waals surface area contributed by atoms with E-state index in [1.54, 1.807) is 65.6 Å². The van der Waals surface area contributed by atoms with Gasteiger partial charge in [0.15, 0.2) is 0 Å². The molecule has 0 spiro atoms. The van der Waals surface area contributed by atoms with E-state index in [1.807, 2.05) is 30.3 Å². The molecule has 1 saturated heterocycles. The minimum absolute atomic E-state index is 0.144. The number of ether oxygens (including phenoxy) is 1. The van der Waals surface area contributed by atoms with Crippen molar-refractivity contribution in [2.24, 2.45) is 0 Å². The average Bonchev–Trinajstić information content (AvgIpc) is 3.12. The molecule has 0 aromatic heterocycles. The number of benzene rings is 3. The predicted octanol–water partition coefficient (Wildman–Crippen LogP) is 6.59. The topological polar surface area (TPSA) is 58.6 Å². The largest absolute Gasteiger partial charge is 0.466 e. The summed E-state index contributed by atoms with van der Waals surface area (Å²) in [5.41, 5.74) is 2.17. The van der Waals surface area contributed by atoms with Gasteiger partial charge < -0.3 is 10.1 Å². The van der Waals surface area contributed by atoms with Gasteiger partial charge in [-0.25, -0.2) is 0 Å². The maximum absolute atomic E-state index is 12.9. The molecule has 0 aliphatic carbocycles. The highest BCUT2D eigenvalue weighted by atomic mass is 35.6. The number of alkyl halides is 3. The summed E-state index contributed by atoms with van der Waals surface area (Å²) in [4.78, 5) is 27.5. The summed E-state index contributed by atoms with van der Waals surface area (Å²) in [5.74, 6) is -0.219. The quantitative estimate of drug-likeness (QED) is 0.149. The first-order valence-corrected chi connectivity index (χ1v) is 13.1. The Morgan fingerprint density at radius 3 is 2.22 bits per heavy atom. The number of carbonyl (C=O) groups excluding carboxylic acids is 2. The Hall–Kier alpha value is -2.55. The van der Waals surface area contributed by atoms with E-state index in [-0.39, 0.29) is 5.91 Å². The van der Waals surface area contributed by atoms with Crippen LogP contribution in [0, 0.1) is 0 Å². The van der Waals surface area contributed by atoms with E-state index in [0.29, 0.717) is 27.1 Å². The van der Waals surface area contributed by atoms with Crippen molar-refractivity contribution in [3.63, 3.8) is 0 Å². The van der Waals surface area contributed by atoms with E-state index in [4.69, 9.17) is 51.8 Å². The Morgan fingerprint density at radius 1 is 1.00 bits per heavy atom. The van der Waals surface area contributed by atoms with Gasteiger partial charge in [-0.1, -0.05) is 119 Å². The summed E-state index contributed by atoms with van der Waals surface area (Å²) in [6.07, 6.45) is 0.521. The minimum Gasteiger partial charge on any atom is -0.466 e. The Balaban J connectivity index is 1.43. The van der Waals surface area contributed by atoms with Crippen LogP contribution in [0.1, 0.15) is 21.5 Å². The summed E-state index contributed by atoms with van der Waals surface area (Å²) in [6.45, 7) is 0.419. The standard InChI is InChI=1S/C26H19Cl3N2O3S2/c27-26(28,29)24(30-22(32)19-9-5-2-6-10-19)34-20-13-11-17(12-14-20)15-21-23(33)31(25(35)36-21)16-18-7-3-1-4-8-18/h1-15,24H,16H2,(H,30,32)/b21-15-/t24-/m1/s1. The molecule has 3 aromatic carbocycles. The lowest BCUT2D eigenvalue weighted by molar-refractivity contribution is -0.122. The van der Waals surface area contributed by atoms with Crippen molar-refractivity contribution in [3.8, 4) is 5.75 Å². The molecule has 36 heavy (non-hydrogen) atoms. The molecular weight excluding hydrogens is 559 g/mol. The molecule has 0 unspecified atom stereocenters. The smallest absolute Gasteiger partial charge is 0.266 e. The fourth-order valence-electron chi connectivity index (χ4n) is 3.30. The summed E-state index contributed by atoms with van der Waals surface area (Å²) in [5, 5.41) is 2.59. The van der Waals surface area contributed by atoms with Crippen molar-refractivity contribution in [2.45, 2.75) is 16.6 Å². The summed E-state index contributed by atoms with van der Waals surface area (Å²) in [7, 11) is 0. The first-order valence-electron chi connectivity index (χ1n) is 10.7. The third-order valence-corrected chi connectivity index (χ3v) is 7.06. The molecule has 1 atom stereocenters. The lowest BCUT2D eigenvalue weighted by Crippen LogP contribution is -2.47. The lowest BCUT2D eigenvalue weighted by Gasteiger charge is -2.26. The molecule has 4 rings (SSSR count). The third kappa shape index (κ3) is 6.81. The SMILES string of the molecule is O=C(N[C@H](Oc1ccc(/C=C2\SC(=S)N(Cc3ccccc3)C2=O)cc1)C(Cl)(Cl)Cl)c1ccccc1. The van der Waals surface area contributed by atoms with Crippen LogP contribution in [0.15, 0.2) is 89.8 Å². The van der Waals surface area contributed by atoms with Gasteiger partial charge in [0.05, 0.1) is 11.4 Å². The van der Waals surface area contributed by atoms with Gasteiger partial charge in [0.25, 0.3) is 11.8 Å². The van der Waals surface area contributed by atoms with Crippen molar-refractivity contribution >= 4 is 81.0 Å². The van der Waals surface area contributed by atoms with E-state index in [9.17, 15) is 9.59 Å². The minimum atomic E-state index is -1.92. The molecule has 1 aliphatic rings. The Labute approximate surface area is 233 Å². The molecule has 10 heteroatoms. The Bertz CT molecular complexity index is 1280. The second-order valence-electron chi connectivity index (χ2n) is 7.70. The van der Waals surface area contributed by atoms with Crippen molar-refractivity contribution in [2.75, 3.05) is 0 Å². The van der Waals surface area contributed by atoms with Gasteiger partial charge in [-0.2, -0.15) is 0 Å². The highest BCUT2D eigenvalue weighted by Gasteiger charge is 2.36. The van der Waals surface area contributed by atoms with Crippen LogP contribution in [-0.2, 0) is 11.3 Å². The van der Waals surface area contributed by atoms with Crippen LogP contribution in [-0.4, -0.2) is 31.1 Å². The highest BCUT2D eigenvalue weighted by molar-refractivity contribution is 8.26. The summed E-state index contributed by atoms with van der Waals surface area (Å²) in [6, 6.07) is 25.1. The maximum Gasteiger partial charge on any atom is 0.266 e. The second kappa shape index (κ2) is 11.7. The van der Waals surface area contributed by atoms with E-state index in [0.717, 1.165) is 11.1 Å². The molecule has 0 radical (unpaired) electrons. The molecule has 1 fully saturated rings. The van der Waals surface area contributed by atoms with Crippen LogP contribution < -0.4 is 10.1 Å². The molecule has 1 N–H and O–H groups in total. The number of nitrogens with one attached hydrogen (secondary N) is 1. The Morgan fingerprint density at radius 2 is 1.61 bits per heavy atom. The molecule has 184 valence electrons. The predicted molar refractivity (Wildman–Crippen MR) is 150 cm³/mol. The van der Waals surface area contributed by atoms with E-state index in [1.165, 1.54) is 11.8 Å². The number of halogens is 3. The van der Waals surface area contributed by atoms with Crippen LogP contribution in [0.5, 0.6) is 5.75 Å². The van der Waals surface area contributed by atoms with Gasteiger partial charge in [0, 0.05) is 5.56 Å². The fraction of sp³-hybridized carbons (Fsp3) is 0.115. The number of thiocarbonyl (C=S) groups is 1. The highest BCUT2D eigenvalue weighted by Crippen LogP contribution is 2.35. The first-order chi connectivity index (χ1) is 17.2. The number of thioether (sulfide) groups is 1. The summed E-state index contributed by atoms with van der Waals surface area (Å²) >= 11 is 24.8. The molecular formula is C26H19Cl3N2O3S2. The number of nitrogens with zero attached hydrogens (tertiary/aromatic N) is 1.